The quantitative estimate of drug-likeness (QED) is 0.495. The van der Waals surface area contributed by atoms with Gasteiger partial charge in [0.2, 0.25) is 0 Å². The molecule has 4 aromatic rings. The van der Waals surface area contributed by atoms with Gasteiger partial charge in [0.15, 0.2) is 11.5 Å². The van der Waals surface area contributed by atoms with Crippen LogP contribution in [0.25, 0.3) is 17.0 Å². The number of aromatic amines is 1. The number of hydrogen-bond acceptors (Lipinski definition) is 7. The molecule has 0 bridgehead atoms. The standard InChI is InChI=1S/C17H18N10O/c1-10-20-11(9-13(21-10)23-17(28)26(2)3)15-16(22-12-6-8-18-25-12)24-14-5-4-7-19-27(14)15/h4-9H,1-3H3,(H2,18,22,25)(H,20,21,23,28). The number of hydrogen-bond donors (Lipinski definition) is 3. The predicted molar refractivity (Wildman–Crippen MR) is 103 cm³/mol. The van der Waals surface area contributed by atoms with E-state index in [-0.39, 0.29) is 6.03 Å². The molecule has 11 nitrogen and oxygen atoms in total. The average Bonchev–Trinajstić information content (AvgIpc) is 3.28. The van der Waals surface area contributed by atoms with Crippen molar-refractivity contribution in [3.05, 3.63) is 42.5 Å². The summed E-state index contributed by atoms with van der Waals surface area (Å²) in [6.45, 7) is 1.76. The Balaban J connectivity index is 1.84. The Kier molecular flexibility index (Phi) is 4.32. The number of H-pyrrole nitrogens is 1. The molecule has 0 fully saturated rings. The Hall–Kier alpha value is -4.02. The third-order valence-corrected chi connectivity index (χ3v) is 3.87. The SMILES string of the molecule is Cc1nc(NC(=O)N(C)C)cc(-c2c(Nc3ccn[nH]3)nc3cccnn23)n1. The van der Waals surface area contributed by atoms with Gasteiger partial charge in [0.25, 0.3) is 0 Å². The number of nitrogens with zero attached hydrogens (tertiary/aromatic N) is 7. The average molecular weight is 378 g/mol. The molecule has 0 unspecified atom stereocenters. The molecule has 0 saturated carbocycles. The van der Waals surface area contributed by atoms with Gasteiger partial charge in [-0.2, -0.15) is 10.2 Å². The molecular weight excluding hydrogens is 360 g/mol. The fraction of sp³-hybridized carbons (Fsp3) is 0.176. The number of aromatic nitrogens is 7. The van der Waals surface area contributed by atoms with Crippen molar-refractivity contribution in [2.45, 2.75) is 6.92 Å². The van der Waals surface area contributed by atoms with E-state index in [1.54, 1.807) is 56.1 Å². The molecule has 0 aliphatic heterocycles. The summed E-state index contributed by atoms with van der Waals surface area (Å²) in [6.07, 6.45) is 3.31. The van der Waals surface area contributed by atoms with E-state index in [2.05, 4.69) is 40.9 Å². The smallest absolute Gasteiger partial charge is 0.322 e. The zero-order valence-corrected chi connectivity index (χ0v) is 15.5. The Labute approximate surface area is 159 Å². The van der Waals surface area contributed by atoms with Gasteiger partial charge in [0.05, 0.1) is 11.9 Å². The van der Waals surface area contributed by atoms with Gasteiger partial charge in [0.1, 0.15) is 23.2 Å². The molecule has 11 heteroatoms. The molecule has 4 aromatic heterocycles. The monoisotopic (exact) mass is 378 g/mol. The number of anilines is 3. The van der Waals surface area contributed by atoms with E-state index in [9.17, 15) is 4.79 Å². The first-order valence-electron chi connectivity index (χ1n) is 8.46. The summed E-state index contributed by atoms with van der Waals surface area (Å²) in [5.74, 6) is 2.12. The molecule has 4 heterocycles. The Morgan fingerprint density at radius 3 is 2.79 bits per heavy atom. The van der Waals surface area contributed by atoms with E-state index in [0.717, 1.165) is 0 Å². The lowest BCUT2D eigenvalue weighted by Gasteiger charge is -2.12. The summed E-state index contributed by atoms with van der Waals surface area (Å²) in [4.78, 5) is 26.9. The molecule has 28 heavy (non-hydrogen) atoms. The normalized spacial score (nSPS) is 10.8. The second-order valence-electron chi connectivity index (χ2n) is 6.21. The van der Waals surface area contributed by atoms with Gasteiger partial charge in [-0.25, -0.2) is 24.3 Å². The number of nitrogens with one attached hydrogen (secondary N) is 3. The molecule has 0 atom stereocenters. The summed E-state index contributed by atoms with van der Waals surface area (Å²) >= 11 is 0. The highest BCUT2D eigenvalue weighted by atomic mass is 16.2. The van der Waals surface area contributed by atoms with Crippen molar-refractivity contribution in [2.24, 2.45) is 0 Å². The van der Waals surface area contributed by atoms with Gasteiger partial charge in [-0.3, -0.25) is 10.4 Å². The number of amides is 2. The van der Waals surface area contributed by atoms with Gasteiger partial charge in [0, 0.05) is 32.4 Å². The number of aryl methyl sites for hydroxylation is 1. The molecule has 0 aliphatic rings. The first-order chi connectivity index (χ1) is 13.5. The second-order valence-corrected chi connectivity index (χ2v) is 6.21. The van der Waals surface area contributed by atoms with Crippen LogP contribution in [0, 0.1) is 6.92 Å². The third kappa shape index (κ3) is 3.32. The Morgan fingerprint density at radius 1 is 1.18 bits per heavy atom. The van der Waals surface area contributed by atoms with Crippen LogP contribution in [0.15, 0.2) is 36.7 Å². The zero-order chi connectivity index (χ0) is 19.7. The van der Waals surface area contributed by atoms with Crippen LogP contribution >= 0.6 is 0 Å². The number of rotatable bonds is 4. The molecule has 0 spiro atoms. The Morgan fingerprint density at radius 2 is 2.04 bits per heavy atom. The third-order valence-electron chi connectivity index (χ3n) is 3.87. The van der Waals surface area contributed by atoms with Crippen LogP contribution < -0.4 is 10.6 Å². The molecule has 0 saturated heterocycles. The van der Waals surface area contributed by atoms with Crippen LogP contribution in [0.5, 0.6) is 0 Å². The fourth-order valence-electron chi connectivity index (χ4n) is 2.63. The van der Waals surface area contributed by atoms with Crippen LogP contribution in [-0.2, 0) is 0 Å². The van der Waals surface area contributed by atoms with Gasteiger partial charge < -0.3 is 10.2 Å². The van der Waals surface area contributed by atoms with E-state index in [4.69, 9.17) is 0 Å². The number of carbonyl (C=O) groups excluding carboxylic acids is 1. The van der Waals surface area contributed by atoms with E-state index < -0.39 is 0 Å². The Bertz CT molecular complexity index is 1130. The summed E-state index contributed by atoms with van der Waals surface area (Å²) in [5, 5.41) is 17.1. The van der Waals surface area contributed by atoms with Crippen molar-refractivity contribution in [1.29, 1.82) is 0 Å². The minimum absolute atomic E-state index is 0.281. The van der Waals surface area contributed by atoms with Crippen molar-refractivity contribution in [3.63, 3.8) is 0 Å². The van der Waals surface area contributed by atoms with Crippen molar-refractivity contribution in [1.82, 2.24) is 39.7 Å². The van der Waals surface area contributed by atoms with Crippen LogP contribution in [0.4, 0.5) is 22.2 Å². The van der Waals surface area contributed by atoms with E-state index in [0.29, 0.717) is 40.3 Å². The highest BCUT2D eigenvalue weighted by Gasteiger charge is 2.19. The van der Waals surface area contributed by atoms with Crippen LogP contribution in [0.2, 0.25) is 0 Å². The molecule has 0 aromatic carbocycles. The van der Waals surface area contributed by atoms with Crippen LogP contribution in [0.3, 0.4) is 0 Å². The molecule has 142 valence electrons. The number of fused-ring (bicyclic) bond motifs is 1. The first-order valence-corrected chi connectivity index (χ1v) is 8.46. The largest absolute Gasteiger partial charge is 0.331 e. The summed E-state index contributed by atoms with van der Waals surface area (Å²) in [5.41, 5.74) is 1.85. The van der Waals surface area contributed by atoms with E-state index >= 15 is 0 Å². The summed E-state index contributed by atoms with van der Waals surface area (Å²) < 4.78 is 1.68. The van der Waals surface area contributed by atoms with Gasteiger partial charge in [-0.05, 0) is 19.1 Å². The highest BCUT2D eigenvalue weighted by Crippen LogP contribution is 2.30. The number of imidazole rings is 1. The lowest BCUT2D eigenvalue weighted by Crippen LogP contribution is -2.27. The van der Waals surface area contributed by atoms with Crippen molar-refractivity contribution >= 4 is 29.1 Å². The highest BCUT2D eigenvalue weighted by molar-refractivity contribution is 5.89. The lowest BCUT2D eigenvalue weighted by atomic mass is 10.2. The maximum absolute atomic E-state index is 12.0. The molecule has 0 radical (unpaired) electrons. The molecular formula is C17H18N10O. The van der Waals surface area contributed by atoms with E-state index in [1.807, 2.05) is 6.07 Å². The minimum Gasteiger partial charge on any atom is -0.331 e. The maximum Gasteiger partial charge on any atom is 0.322 e. The van der Waals surface area contributed by atoms with Crippen molar-refractivity contribution < 1.29 is 4.79 Å². The number of carbonyl (C=O) groups is 1. The predicted octanol–water partition coefficient (Wildman–Crippen LogP) is 2.05. The van der Waals surface area contributed by atoms with Crippen LogP contribution in [-0.4, -0.2) is 59.8 Å². The minimum atomic E-state index is -0.281. The van der Waals surface area contributed by atoms with Gasteiger partial charge in [-0.15, -0.1) is 0 Å². The van der Waals surface area contributed by atoms with E-state index in [1.165, 1.54) is 4.90 Å². The fourth-order valence-corrected chi connectivity index (χ4v) is 2.63. The second kappa shape index (κ2) is 6.95. The molecule has 0 aliphatic carbocycles. The first kappa shape index (κ1) is 17.4. The lowest BCUT2D eigenvalue weighted by molar-refractivity contribution is 0.230. The summed E-state index contributed by atoms with van der Waals surface area (Å²) in [6, 6.07) is 6.84. The van der Waals surface area contributed by atoms with Crippen molar-refractivity contribution in [2.75, 3.05) is 24.7 Å². The zero-order valence-electron chi connectivity index (χ0n) is 15.5. The summed E-state index contributed by atoms with van der Waals surface area (Å²) in [7, 11) is 3.32. The van der Waals surface area contributed by atoms with Crippen LogP contribution in [0.1, 0.15) is 5.82 Å². The van der Waals surface area contributed by atoms with Crippen molar-refractivity contribution in [3.8, 4) is 11.4 Å². The molecule has 3 N–H and O–H groups in total. The van der Waals surface area contributed by atoms with Gasteiger partial charge >= 0.3 is 6.03 Å². The molecule has 2 amide bonds. The van der Waals surface area contributed by atoms with Gasteiger partial charge in [-0.1, -0.05) is 0 Å². The topological polar surface area (TPSA) is 129 Å². The maximum atomic E-state index is 12.0. The number of urea groups is 1. The molecule has 4 rings (SSSR count).